The predicted molar refractivity (Wildman–Crippen MR) is 36.0 cm³/mol. The first-order valence-electron chi connectivity index (χ1n) is 3.95. The lowest BCUT2D eigenvalue weighted by molar-refractivity contribution is 0.0985. The number of rotatable bonds is 0. The maximum absolute atomic E-state index is 9.34. The Balaban J connectivity index is 2.10. The summed E-state index contributed by atoms with van der Waals surface area (Å²) >= 11 is 0. The van der Waals surface area contributed by atoms with E-state index in [0.29, 0.717) is 5.92 Å². The summed E-state index contributed by atoms with van der Waals surface area (Å²) in [6.45, 7) is 2.32. The quantitative estimate of drug-likeness (QED) is 0.520. The molecule has 0 radical (unpaired) electrons. The van der Waals surface area contributed by atoms with Crippen molar-refractivity contribution in [1.29, 1.82) is 0 Å². The summed E-state index contributed by atoms with van der Waals surface area (Å²) < 4.78 is 0. The fourth-order valence-corrected chi connectivity index (χ4v) is 2.53. The van der Waals surface area contributed by atoms with Gasteiger partial charge in [-0.1, -0.05) is 6.92 Å². The van der Waals surface area contributed by atoms with Crippen LogP contribution in [0.4, 0.5) is 0 Å². The normalized spacial score (nSPS) is 56.7. The monoisotopic (exact) mass is 126 g/mol. The molecule has 1 heteroatoms. The standard InChI is InChI=1S/C8H14O/c1-5-2-7-3-6(5)4-8(7)9/h5-9H,2-4H2,1H3/t5-,6+,7-,8-/m1/s1. The fourth-order valence-electron chi connectivity index (χ4n) is 2.53. The van der Waals surface area contributed by atoms with Crippen molar-refractivity contribution in [2.45, 2.75) is 32.3 Å². The first kappa shape index (κ1) is 5.72. The van der Waals surface area contributed by atoms with Gasteiger partial charge in [-0.3, -0.25) is 0 Å². The molecule has 0 heterocycles. The molecule has 0 aromatic carbocycles. The second-order valence-corrected chi connectivity index (χ2v) is 3.77. The van der Waals surface area contributed by atoms with Crippen molar-refractivity contribution in [1.82, 2.24) is 0 Å². The van der Waals surface area contributed by atoms with E-state index in [1.54, 1.807) is 0 Å². The predicted octanol–water partition coefficient (Wildman–Crippen LogP) is 1.41. The van der Waals surface area contributed by atoms with Crippen LogP contribution in [0.3, 0.4) is 0 Å². The van der Waals surface area contributed by atoms with Gasteiger partial charge in [0.25, 0.3) is 0 Å². The Morgan fingerprint density at radius 3 is 2.22 bits per heavy atom. The van der Waals surface area contributed by atoms with Crippen LogP contribution in [-0.4, -0.2) is 11.2 Å². The third-order valence-electron chi connectivity index (χ3n) is 3.17. The topological polar surface area (TPSA) is 20.2 Å². The minimum Gasteiger partial charge on any atom is -0.393 e. The average molecular weight is 126 g/mol. The van der Waals surface area contributed by atoms with Gasteiger partial charge in [-0.25, -0.2) is 0 Å². The molecule has 2 fully saturated rings. The average Bonchev–Trinajstić information content (AvgIpc) is 2.24. The van der Waals surface area contributed by atoms with Crippen LogP contribution in [0.25, 0.3) is 0 Å². The molecule has 0 aliphatic heterocycles. The molecule has 2 aliphatic carbocycles. The highest BCUT2D eigenvalue weighted by Crippen LogP contribution is 2.47. The number of fused-ring (bicyclic) bond motifs is 2. The summed E-state index contributed by atoms with van der Waals surface area (Å²) in [7, 11) is 0. The highest BCUT2D eigenvalue weighted by molar-refractivity contribution is 4.93. The summed E-state index contributed by atoms with van der Waals surface area (Å²) in [6.07, 6.45) is 3.74. The third kappa shape index (κ3) is 0.710. The van der Waals surface area contributed by atoms with Crippen molar-refractivity contribution >= 4 is 0 Å². The molecule has 2 rings (SSSR count). The molecule has 2 bridgehead atoms. The molecule has 0 aromatic heterocycles. The zero-order valence-corrected chi connectivity index (χ0v) is 5.88. The van der Waals surface area contributed by atoms with Gasteiger partial charge in [0.15, 0.2) is 0 Å². The Hall–Kier alpha value is -0.0400. The number of hydrogen-bond donors (Lipinski definition) is 1. The van der Waals surface area contributed by atoms with Gasteiger partial charge in [0.05, 0.1) is 6.10 Å². The molecular formula is C8H14O. The molecule has 0 unspecified atom stereocenters. The van der Waals surface area contributed by atoms with Gasteiger partial charge in [0, 0.05) is 0 Å². The third-order valence-corrected chi connectivity index (χ3v) is 3.17. The molecule has 2 aliphatic rings. The smallest absolute Gasteiger partial charge is 0.0571 e. The van der Waals surface area contributed by atoms with E-state index in [1.807, 2.05) is 0 Å². The zero-order valence-electron chi connectivity index (χ0n) is 5.88. The fraction of sp³-hybridized carbons (Fsp3) is 1.00. The molecule has 2 saturated carbocycles. The van der Waals surface area contributed by atoms with Crippen LogP contribution in [0.1, 0.15) is 26.2 Å². The van der Waals surface area contributed by atoms with Crippen LogP contribution in [0.2, 0.25) is 0 Å². The molecule has 4 atom stereocenters. The summed E-state index contributed by atoms with van der Waals surface area (Å²) in [4.78, 5) is 0. The van der Waals surface area contributed by atoms with Crippen molar-refractivity contribution in [3.05, 3.63) is 0 Å². The molecule has 0 amide bonds. The van der Waals surface area contributed by atoms with Gasteiger partial charge >= 0.3 is 0 Å². The summed E-state index contributed by atoms with van der Waals surface area (Å²) in [5, 5.41) is 9.34. The molecule has 9 heavy (non-hydrogen) atoms. The largest absolute Gasteiger partial charge is 0.393 e. The van der Waals surface area contributed by atoms with Gasteiger partial charge in [-0.05, 0) is 37.0 Å². The van der Waals surface area contributed by atoms with Crippen molar-refractivity contribution in [3.63, 3.8) is 0 Å². The van der Waals surface area contributed by atoms with Gasteiger partial charge in [-0.2, -0.15) is 0 Å². The SMILES string of the molecule is C[C@@H]1C[C@@H]2C[C@H]1C[C@H]2O. The van der Waals surface area contributed by atoms with Gasteiger partial charge in [0.1, 0.15) is 0 Å². The van der Waals surface area contributed by atoms with E-state index in [-0.39, 0.29) is 6.10 Å². The van der Waals surface area contributed by atoms with Gasteiger partial charge in [-0.15, -0.1) is 0 Å². The lowest BCUT2D eigenvalue weighted by atomic mass is 9.89. The van der Waals surface area contributed by atoms with E-state index in [9.17, 15) is 5.11 Å². The Morgan fingerprint density at radius 1 is 1.11 bits per heavy atom. The van der Waals surface area contributed by atoms with Gasteiger partial charge < -0.3 is 5.11 Å². The number of aliphatic hydroxyl groups is 1. The Kier molecular flexibility index (Phi) is 1.10. The first-order chi connectivity index (χ1) is 4.27. The van der Waals surface area contributed by atoms with E-state index >= 15 is 0 Å². The Bertz CT molecular complexity index is 104. The van der Waals surface area contributed by atoms with E-state index in [0.717, 1.165) is 18.3 Å². The van der Waals surface area contributed by atoms with Crippen LogP contribution in [-0.2, 0) is 0 Å². The zero-order chi connectivity index (χ0) is 6.43. The Morgan fingerprint density at radius 2 is 1.89 bits per heavy atom. The first-order valence-corrected chi connectivity index (χ1v) is 3.95. The molecule has 1 nitrogen and oxygen atoms in total. The van der Waals surface area contributed by atoms with Crippen molar-refractivity contribution in [2.24, 2.45) is 17.8 Å². The van der Waals surface area contributed by atoms with Crippen LogP contribution in [0, 0.1) is 17.8 Å². The molecule has 52 valence electrons. The van der Waals surface area contributed by atoms with Crippen molar-refractivity contribution < 1.29 is 5.11 Å². The minimum atomic E-state index is 0.0613. The summed E-state index contributed by atoms with van der Waals surface area (Å²) in [5.41, 5.74) is 0. The lowest BCUT2D eigenvalue weighted by Gasteiger charge is -2.20. The van der Waals surface area contributed by atoms with Crippen LogP contribution < -0.4 is 0 Å². The second kappa shape index (κ2) is 1.72. The molecular weight excluding hydrogens is 112 g/mol. The highest BCUT2D eigenvalue weighted by atomic mass is 16.3. The number of aliphatic hydroxyl groups excluding tert-OH is 1. The lowest BCUT2D eigenvalue weighted by Crippen LogP contribution is -2.19. The second-order valence-electron chi connectivity index (χ2n) is 3.77. The van der Waals surface area contributed by atoms with E-state index in [2.05, 4.69) is 6.92 Å². The number of hydrogen-bond acceptors (Lipinski definition) is 1. The van der Waals surface area contributed by atoms with Crippen LogP contribution in [0.5, 0.6) is 0 Å². The molecule has 0 saturated heterocycles. The van der Waals surface area contributed by atoms with Crippen molar-refractivity contribution in [3.8, 4) is 0 Å². The minimum absolute atomic E-state index is 0.0613. The molecule has 0 spiro atoms. The Labute approximate surface area is 56.1 Å². The molecule has 1 N–H and O–H groups in total. The molecule has 0 aromatic rings. The van der Waals surface area contributed by atoms with Gasteiger partial charge in [0.2, 0.25) is 0 Å². The maximum Gasteiger partial charge on any atom is 0.0571 e. The van der Waals surface area contributed by atoms with Crippen LogP contribution in [0.15, 0.2) is 0 Å². The van der Waals surface area contributed by atoms with Crippen LogP contribution >= 0.6 is 0 Å². The summed E-state index contributed by atoms with van der Waals surface area (Å²) in [5.74, 6) is 2.44. The van der Waals surface area contributed by atoms with E-state index in [1.165, 1.54) is 12.8 Å². The van der Waals surface area contributed by atoms with E-state index < -0.39 is 0 Å². The maximum atomic E-state index is 9.34. The summed E-state index contributed by atoms with van der Waals surface area (Å²) in [6, 6.07) is 0. The van der Waals surface area contributed by atoms with E-state index in [4.69, 9.17) is 0 Å². The highest BCUT2D eigenvalue weighted by Gasteiger charge is 2.42. The van der Waals surface area contributed by atoms with Crippen molar-refractivity contribution in [2.75, 3.05) is 0 Å².